The van der Waals surface area contributed by atoms with E-state index in [0.717, 1.165) is 0 Å². The lowest BCUT2D eigenvalue weighted by Gasteiger charge is -2.11. The molecule has 0 spiro atoms. The summed E-state index contributed by atoms with van der Waals surface area (Å²) >= 11 is 11.3. The lowest BCUT2D eigenvalue weighted by molar-refractivity contribution is 0.103. The van der Waals surface area contributed by atoms with Crippen LogP contribution in [0.1, 0.15) is 22.8 Å². The summed E-state index contributed by atoms with van der Waals surface area (Å²) in [7, 11) is 0. The van der Waals surface area contributed by atoms with E-state index < -0.39 is 6.10 Å². The van der Waals surface area contributed by atoms with Gasteiger partial charge < -0.3 is 14.6 Å². The topological polar surface area (TPSA) is 55.8 Å². The standard InChI is InChI=1S/C20H22Cl2O4/c1-14(10-21)12-25-18-6-2-15(3-7-18)20(24)16-4-8-19(9-5-16)26-13-17(23)11-22/h2-9,14,17,23H,10-13H2,1H3/t14-,17?/m1/s1. The van der Waals surface area contributed by atoms with Crippen molar-refractivity contribution in [1.82, 2.24) is 0 Å². The second kappa shape index (κ2) is 10.4. The monoisotopic (exact) mass is 396 g/mol. The summed E-state index contributed by atoms with van der Waals surface area (Å²) in [5.41, 5.74) is 1.13. The number of hydrogen-bond acceptors (Lipinski definition) is 4. The summed E-state index contributed by atoms with van der Waals surface area (Å²) in [5.74, 6) is 2.12. The Labute approximate surface area is 163 Å². The maximum absolute atomic E-state index is 12.5. The molecule has 26 heavy (non-hydrogen) atoms. The van der Waals surface area contributed by atoms with Crippen molar-refractivity contribution in [2.45, 2.75) is 13.0 Å². The van der Waals surface area contributed by atoms with Crippen molar-refractivity contribution in [3.8, 4) is 11.5 Å². The van der Waals surface area contributed by atoms with Crippen LogP contribution >= 0.6 is 23.2 Å². The summed E-state index contributed by atoms with van der Waals surface area (Å²) < 4.78 is 11.0. The first kappa shape index (κ1) is 20.6. The summed E-state index contributed by atoms with van der Waals surface area (Å²) in [4.78, 5) is 12.5. The number of alkyl halides is 2. The molecule has 0 saturated heterocycles. The fraction of sp³-hybridized carbons (Fsp3) is 0.350. The molecular weight excluding hydrogens is 375 g/mol. The van der Waals surface area contributed by atoms with Crippen LogP contribution < -0.4 is 9.47 Å². The highest BCUT2D eigenvalue weighted by Gasteiger charge is 2.10. The smallest absolute Gasteiger partial charge is 0.193 e. The number of halogens is 2. The van der Waals surface area contributed by atoms with Gasteiger partial charge in [0.05, 0.1) is 12.5 Å². The molecule has 6 heteroatoms. The second-order valence-electron chi connectivity index (χ2n) is 6.07. The minimum atomic E-state index is -0.717. The molecule has 1 unspecified atom stereocenters. The Morgan fingerprint density at radius 3 is 1.77 bits per heavy atom. The van der Waals surface area contributed by atoms with E-state index in [1.165, 1.54) is 0 Å². The molecule has 0 aliphatic carbocycles. The van der Waals surface area contributed by atoms with E-state index in [1.54, 1.807) is 48.5 Å². The van der Waals surface area contributed by atoms with Gasteiger partial charge in [-0.05, 0) is 48.5 Å². The fourth-order valence-electron chi connectivity index (χ4n) is 2.09. The van der Waals surface area contributed by atoms with E-state index in [2.05, 4.69) is 0 Å². The second-order valence-corrected chi connectivity index (χ2v) is 6.68. The molecule has 2 atom stereocenters. The van der Waals surface area contributed by atoms with Gasteiger partial charge in [0, 0.05) is 22.9 Å². The number of rotatable bonds is 10. The third-order valence-corrected chi connectivity index (χ3v) is 4.53. The molecule has 2 rings (SSSR count). The van der Waals surface area contributed by atoms with Gasteiger partial charge in [0.2, 0.25) is 0 Å². The van der Waals surface area contributed by atoms with Crippen LogP contribution in [-0.4, -0.2) is 42.0 Å². The molecule has 0 amide bonds. The van der Waals surface area contributed by atoms with E-state index in [0.29, 0.717) is 35.1 Å². The zero-order valence-electron chi connectivity index (χ0n) is 14.5. The van der Waals surface area contributed by atoms with Gasteiger partial charge in [-0.3, -0.25) is 4.79 Å². The Kier molecular flexibility index (Phi) is 8.23. The predicted octanol–water partition coefficient (Wildman–Crippen LogP) is 4.15. The van der Waals surface area contributed by atoms with E-state index in [1.807, 2.05) is 6.92 Å². The fourth-order valence-corrected chi connectivity index (χ4v) is 2.27. The highest BCUT2D eigenvalue weighted by atomic mass is 35.5. The van der Waals surface area contributed by atoms with Crippen LogP contribution in [0.25, 0.3) is 0 Å². The Bertz CT molecular complexity index is 626. The van der Waals surface area contributed by atoms with Gasteiger partial charge in [-0.15, -0.1) is 23.2 Å². The van der Waals surface area contributed by atoms with Crippen molar-refractivity contribution in [3.05, 3.63) is 59.7 Å². The summed E-state index contributed by atoms with van der Waals surface area (Å²) in [6, 6.07) is 13.8. The molecule has 140 valence electrons. The van der Waals surface area contributed by atoms with Gasteiger partial charge in [-0.1, -0.05) is 6.92 Å². The average molecular weight is 397 g/mol. The van der Waals surface area contributed by atoms with Crippen LogP contribution in [-0.2, 0) is 0 Å². The largest absolute Gasteiger partial charge is 0.493 e. The van der Waals surface area contributed by atoms with Crippen molar-refractivity contribution in [2.24, 2.45) is 5.92 Å². The Balaban J connectivity index is 1.95. The van der Waals surface area contributed by atoms with E-state index in [4.69, 9.17) is 32.7 Å². The van der Waals surface area contributed by atoms with Crippen LogP contribution in [0, 0.1) is 5.92 Å². The van der Waals surface area contributed by atoms with Crippen LogP contribution in [0.4, 0.5) is 0 Å². The van der Waals surface area contributed by atoms with Gasteiger partial charge >= 0.3 is 0 Å². The van der Waals surface area contributed by atoms with Crippen molar-refractivity contribution < 1.29 is 19.4 Å². The molecule has 0 aromatic heterocycles. The maximum atomic E-state index is 12.5. The minimum absolute atomic E-state index is 0.0852. The summed E-state index contributed by atoms with van der Waals surface area (Å²) in [5, 5.41) is 9.39. The molecule has 2 aromatic rings. The van der Waals surface area contributed by atoms with Crippen molar-refractivity contribution in [1.29, 1.82) is 0 Å². The summed E-state index contributed by atoms with van der Waals surface area (Å²) in [6.07, 6.45) is -0.717. The molecule has 0 heterocycles. The Morgan fingerprint density at radius 2 is 1.35 bits per heavy atom. The quantitative estimate of drug-likeness (QED) is 0.484. The Hall–Kier alpha value is -1.75. The number of carbonyl (C=O) groups is 1. The van der Waals surface area contributed by atoms with Crippen molar-refractivity contribution in [2.75, 3.05) is 25.0 Å². The number of ketones is 1. The van der Waals surface area contributed by atoms with Crippen molar-refractivity contribution in [3.63, 3.8) is 0 Å². The van der Waals surface area contributed by atoms with Crippen LogP contribution in [0.15, 0.2) is 48.5 Å². The first-order valence-electron chi connectivity index (χ1n) is 8.34. The number of benzene rings is 2. The van der Waals surface area contributed by atoms with Crippen LogP contribution in [0.3, 0.4) is 0 Å². The first-order valence-corrected chi connectivity index (χ1v) is 9.40. The number of ether oxygens (including phenoxy) is 2. The maximum Gasteiger partial charge on any atom is 0.193 e. The molecule has 0 fully saturated rings. The number of aliphatic hydroxyl groups excluding tert-OH is 1. The number of carbonyl (C=O) groups excluding carboxylic acids is 1. The first-order chi connectivity index (χ1) is 12.5. The van der Waals surface area contributed by atoms with Gasteiger partial charge in [-0.25, -0.2) is 0 Å². The number of aliphatic hydroxyl groups is 1. The molecular formula is C20H22Cl2O4. The molecule has 0 bridgehead atoms. The third kappa shape index (κ3) is 6.20. The van der Waals surface area contributed by atoms with E-state index in [9.17, 15) is 9.90 Å². The van der Waals surface area contributed by atoms with Gasteiger partial charge in [0.15, 0.2) is 5.78 Å². The van der Waals surface area contributed by atoms with E-state index in [-0.39, 0.29) is 24.2 Å². The van der Waals surface area contributed by atoms with Crippen LogP contribution in [0.5, 0.6) is 11.5 Å². The third-order valence-electron chi connectivity index (χ3n) is 3.65. The lowest BCUT2D eigenvalue weighted by Crippen LogP contribution is -2.18. The highest BCUT2D eigenvalue weighted by Crippen LogP contribution is 2.19. The van der Waals surface area contributed by atoms with Gasteiger partial charge in [-0.2, -0.15) is 0 Å². The molecule has 1 N–H and O–H groups in total. The average Bonchev–Trinajstić information content (AvgIpc) is 2.70. The highest BCUT2D eigenvalue weighted by molar-refractivity contribution is 6.18. The SMILES string of the molecule is C[C@H](CCl)COc1ccc(C(=O)c2ccc(OCC(O)CCl)cc2)cc1. The zero-order chi connectivity index (χ0) is 18.9. The molecule has 0 aliphatic rings. The van der Waals surface area contributed by atoms with Crippen LogP contribution in [0.2, 0.25) is 0 Å². The molecule has 4 nitrogen and oxygen atoms in total. The van der Waals surface area contributed by atoms with Crippen molar-refractivity contribution >= 4 is 29.0 Å². The Morgan fingerprint density at radius 1 is 0.885 bits per heavy atom. The lowest BCUT2D eigenvalue weighted by atomic mass is 10.0. The molecule has 0 radical (unpaired) electrons. The van der Waals surface area contributed by atoms with Gasteiger partial charge in [0.1, 0.15) is 24.2 Å². The predicted molar refractivity (Wildman–Crippen MR) is 104 cm³/mol. The molecule has 0 aliphatic heterocycles. The van der Waals surface area contributed by atoms with E-state index >= 15 is 0 Å². The zero-order valence-corrected chi connectivity index (χ0v) is 16.0. The normalized spacial score (nSPS) is 13.1. The summed E-state index contributed by atoms with van der Waals surface area (Å²) in [6.45, 7) is 2.66. The molecule has 0 saturated carbocycles. The van der Waals surface area contributed by atoms with Gasteiger partial charge in [0.25, 0.3) is 0 Å². The molecule has 2 aromatic carbocycles. The minimum Gasteiger partial charge on any atom is -0.493 e. The number of hydrogen-bond donors (Lipinski definition) is 1.